The van der Waals surface area contributed by atoms with Gasteiger partial charge in [-0.3, -0.25) is 9.78 Å². The van der Waals surface area contributed by atoms with Gasteiger partial charge in [0.25, 0.3) is 5.56 Å². The molecule has 6 nitrogen and oxygen atoms in total. The Morgan fingerprint density at radius 1 is 1.36 bits per heavy atom. The molecule has 3 rings (SSSR count). The number of pyridine rings is 1. The van der Waals surface area contributed by atoms with E-state index in [4.69, 9.17) is 4.74 Å². The fourth-order valence-corrected chi connectivity index (χ4v) is 2.51. The van der Waals surface area contributed by atoms with Crippen molar-refractivity contribution in [2.75, 3.05) is 12.0 Å². The summed E-state index contributed by atoms with van der Waals surface area (Å²) >= 11 is 0. The molecular formula is C13H11F3N4O2. The van der Waals surface area contributed by atoms with Gasteiger partial charge in [0.2, 0.25) is 0 Å². The molecule has 0 atom stereocenters. The molecule has 3 heterocycles. The van der Waals surface area contributed by atoms with E-state index in [1.54, 1.807) is 6.07 Å². The van der Waals surface area contributed by atoms with E-state index in [1.165, 1.54) is 18.2 Å². The SMILES string of the molecule is COc1ccnc2c1CN(c1cn[nH]c(=O)c1C(F)(F)F)C2. The minimum atomic E-state index is -4.77. The summed E-state index contributed by atoms with van der Waals surface area (Å²) in [6.45, 7) is 0.321. The van der Waals surface area contributed by atoms with Gasteiger partial charge < -0.3 is 9.64 Å². The molecule has 0 unspecified atom stereocenters. The lowest BCUT2D eigenvalue weighted by Gasteiger charge is -2.20. The number of hydrogen-bond acceptors (Lipinski definition) is 5. The average molecular weight is 312 g/mol. The molecule has 1 aliphatic heterocycles. The van der Waals surface area contributed by atoms with E-state index in [1.807, 2.05) is 5.10 Å². The minimum absolute atomic E-state index is 0.154. The molecule has 2 aromatic heterocycles. The summed E-state index contributed by atoms with van der Waals surface area (Å²) in [5.41, 5.74) is -1.46. The summed E-state index contributed by atoms with van der Waals surface area (Å²) in [4.78, 5) is 17.1. The molecule has 1 aliphatic rings. The summed E-state index contributed by atoms with van der Waals surface area (Å²) in [5.74, 6) is 0.554. The Balaban J connectivity index is 2.06. The van der Waals surface area contributed by atoms with E-state index in [0.717, 1.165) is 6.20 Å². The number of fused-ring (bicyclic) bond motifs is 1. The summed E-state index contributed by atoms with van der Waals surface area (Å²) < 4.78 is 44.6. The molecule has 1 N–H and O–H groups in total. The first-order chi connectivity index (χ1) is 10.4. The first-order valence-corrected chi connectivity index (χ1v) is 6.32. The van der Waals surface area contributed by atoms with Crippen molar-refractivity contribution in [2.24, 2.45) is 0 Å². The van der Waals surface area contributed by atoms with E-state index in [9.17, 15) is 18.0 Å². The zero-order valence-electron chi connectivity index (χ0n) is 11.4. The van der Waals surface area contributed by atoms with Crippen molar-refractivity contribution in [3.63, 3.8) is 0 Å². The maximum absolute atomic E-state index is 13.1. The summed E-state index contributed by atoms with van der Waals surface area (Å²) in [6, 6.07) is 1.64. The van der Waals surface area contributed by atoms with Crippen molar-refractivity contribution in [3.05, 3.63) is 45.6 Å². The number of aromatic amines is 1. The fourth-order valence-electron chi connectivity index (χ4n) is 2.51. The Hall–Kier alpha value is -2.58. The average Bonchev–Trinajstić information content (AvgIpc) is 2.89. The Labute approximate surface area is 122 Å². The predicted molar refractivity (Wildman–Crippen MR) is 70.5 cm³/mol. The Morgan fingerprint density at radius 3 is 2.82 bits per heavy atom. The number of nitrogens with zero attached hydrogens (tertiary/aromatic N) is 3. The van der Waals surface area contributed by atoms with E-state index in [-0.39, 0.29) is 18.8 Å². The highest BCUT2D eigenvalue weighted by Gasteiger charge is 2.40. The molecule has 116 valence electrons. The van der Waals surface area contributed by atoms with E-state index >= 15 is 0 Å². The summed E-state index contributed by atoms with van der Waals surface area (Å²) in [6.07, 6.45) is -2.23. The predicted octanol–water partition coefficient (Wildman–Crippen LogP) is 1.71. The van der Waals surface area contributed by atoms with Crippen LogP contribution < -0.4 is 15.2 Å². The second-order valence-corrected chi connectivity index (χ2v) is 4.75. The van der Waals surface area contributed by atoms with Crippen LogP contribution >= 0.6 is 0 Å². The van der Waals surface area contributed by atoms with Gasteiger partial charge in [-0.05, 0) is 6.07 Å². The third kappa shape index (κ3) is 2.28. The highest BCUT2D eigenvalue weighted by atomic mass is 19.4. The zero-order valence-corrected chi connectivity index (χ0v) is 11.4. The van der Waals surface area contributed by atoms with Gasteiger partial charge in [0.15, 0.2) is 0 Å². The molecule has 0 aliphatic carbocycles. The van der Waals surface area contributed by atoms with Crippen molar-refractivity contribution in [3.8, 4) is 5.75 Å². The van der Waals surface area contributed by atoms with Crippen molar-refractivity contribution in [2.45, 2.75) is 19.3 Å². The van der Waals surface area contributed by atoms with Crippen molar-refractivity contribution in [1.82, 2.24) is 15.2 Å². The van der Waals surface area contributed by atoms with Crippen LogP contribution in [0.2, 0.25) is 0 Å². The highest BCUT2D eigenvalue weighted by molar-refractivity contribution is 5.57. The molecule has 9 heteroatoms. The molecule has 0 radical (unpaired) electrons. The maximum Gasteiger partial charge on any atom is 0.423 e. The van der Waals surface area contributed by atoms with E-state index in [0.29, 0.717) is 17.0 Å². The van der Waals surface area contributed by atoms with Crippen LogP contribution in [-0.2, 0) is 19.3 Å². The fraction of sp³-hybridized carbons (Fsp3) is 0.308. The van der Waals surface area contributed by atoms with E-state index in [2.05, 4.69) is 10.1 Å². The zero-order chi connectivity index (χ0) is 15.9. The number of methoxy groups -OCH3 is 1. The van der Waals surface area contributed by atoms with Gasteiger partial charge in [-0.1, -0.05) is 0 Å². The first kappa shape index (κ1) is 14.4. The van der Waals surface area contributed by atoms with Crippen LogP contribution in [0.25, 0.3) is 0 Å². The number of halogens is 3. The number of rotatable bonds is 2. The van der Waals surface area contributed by atoms with Crippen LogP contribution in [-0.4, -0.2) is 22.3 Å². The van der Waals surface area contributed by atoms with Gasteiger partial charge in [0.05, 0.1) is 31.2 Å². The number of ether oxygens (including phenoxy) is 1. The Bertz CT molecular complexity index is 773. The number of anilines is 1. The lowest BCUT2D eigenvalue weighted by atomic mass is 10.2. The van der Waals surface area contributed by atoms with Crippen LogP contribution in [0.4, 0.5) is 18.9 Å². The monoisotopic (exact) mass is 312 g/mol. The third-order valence-corrected chi connectivity index (χ3v) is 3.47. The van der Waals surface area contributed by atoms with Gasteiger partial charge in [-0.15, -0.1) is 0 Å². The molecule has 0 fully saturated rings. The quantitative estimate of drug-likeness (QED) is 0.914. The van der Waals surface area contributed by atoms with E-state index < -0.39 is 17.3 Å². The summed E-state index contributed by atoms with van der Waals surface area (Å²) in [5, 5.41) is 5.30. The molecule has 0 saturated heterocycles. The van der Waals surface area contributed by atoms with Crippen molar-refractivity contribution in [1.29, 1.82) is 0 Å². The van der Waals surface area contributed by atoms with Gasteiger partial charge in [-0.25, -0.2) is 5.10 Å². The van der Waals surface area contributed by atoms with Gasteiger partial charge in [0.1, 0.15) is 11.3 Å². The molecular weight excluding hydrogens is 301 g/mol. The van der Waals surface area contributed by atoms with Crippen LogP contribution in [0.3, 0.4) is 0 Å². The molecule has 0 bridgehead atoms. The normalized spacial score (nSPS) is 14.1. The first-order valence-electron chi connectivity index (χ1n) is 6.32. The molecule has 0 amide bonds. The molecule has 22 heavy (non-hydrogen) atoms. The molecule has 0 saturated carbocycles. The van der Waals surface area contributed by atoms with Crippen LogP contribution in [0.15, 0.2) is 23.3 Å². The van der Waals surface area contributed by atoms with Crippen LogP contribution in [0, 0.1) is 0 Å². The number of alkyl halides is 3. The largest absolute Gasteiger partial charge is 0.496 e. The van der Waals surface area contributed by atoms with Gasteiger partial charge in [-0.2, -0.15) is 18.3 Å². The lowest BCUT2D eigenvalue weighted by Crippen LogP contribution is -2.28. The Morgan fingerprint density at radius 2 is 2.14 bits per heavy atom. The van der Waals surface area contributed by atoms with Crippen LogP contribution in [0.1, 0.15) is 16.8 Å². The highest BCUT2D eigenvalue weighted by Crippen LogP contribution is 2.38. The third-order valence-electron chi connectivity index (χ3n) is 3.47. The van der Waals surface area contributed by atoms with Crippen molar-refractivity contribution >= 4 is 5.69 Å². The minimum Gasteiger partial charge on any atom is -0.496 e. The Kier molecular flexibility index (Phi) is 3.27. The smallest absolute Gasteiger partial charge is 0.423 e. The summed E-state index contributed by atoms with van der Waals surface area (Å²) in [7, 11) is 1.48. The molecule has 0 spiro atoms. The van der Waals surface area contributed by atoms with Gasteiger partial charge >= 0.3 is 6.18 Å². The lowest BCUT2D eigenvalue weighted by molar-refractivity contribution is -0.138. The van der Waals surface area contributed by atoms with Crippen molar-refractivity contribution < 1.29 is 17.9 Å². The maximum atomic E-state index is 13.1. The standard InChI is InChI=1S/C13H11F3N4O2/c1-22-10-2-3-17-8-6-20(5-7(8)10)9-4-18-19-12(21)11(9)13(14,15)16/h2-4H,5-6H2,1H3,(H,19,21). The number of aromatic nitrogens is 3. The molecule has 2 aromatic rings. The number of nitrogens with one attached hydrogen (secondary N) is 1. The van der Waals surface area contributed by atoms with Gasteiger partial charge in [0, 0.05) is 18.3 Å². The second kappa shape index (κ2) is 5.00. The second-order valence-electron chi connectivity index (χ2n) is 4.75. The molecule has 0 aromatic carbocycles. The number of H-pyrrole nitrogens is 1. The van der Waals surface area contributed by atoms with Crippen LogP contribution in [0.5, 0.6) is 5.75 Å². The number of hydrogen-bond donors (Lipinski definition) is 1. The topological polar surface area (TPSA) is 71.1 Å².